The summed E-state index contributed by atoms with van der Waals surface area (Å²) in [7, 11) is 9.63. The van der Waals surface area contributed by atoms with Crippen molar-refractivity contribution in [2.75, 3.05) is 72.2 Å². The molecule has 2 heterocycles. The van der Waals surface area contributed by atoms with Gasteiger partial charge in [-0.3, -0.25) is 0 Å². The molecule has 0 unspecified atom stereocenters. The molecule has 0 aliphatic carbocycles. The number of fused-ring (bicyclic) bond motifs is 2. The molecule has 0 fully saturated rings. The van der Waals surface area contributed by atoms with E-state index >= 15 is 0 Å². The Labute approximate surface area is 233 Å². The second-order valence-electron chi connectivity index (χ2n) is 8.48. The van der Waals surface area contributed by atoms with Gasteiger partial charge in [-0.2, -0.15) is 13.3 Å². The summed E-state index contributed by atoms with van der Waals surface area (Å²) in [4.78, 5) is 9.53. The Morgan fingerprint density at radius 1 is 0.611 bits per heavy atom. The Hall–Kier alpha value is -1.20. The summed E-state index contributed by atoms with van der Waals surface area (Å²) in [5.74, 6) is 0. The predicted octanol–water partition coefficient (Wildman–Crippen LogP) is 6.50. The molecule has 204 valence electrons. The fourth-order valence-corrected chi connectivity index (χ4v) is 4.57. The van der Waals surface area contributed by atoms with E-state index in [1.807, 2.05) is 0 Å². The summed E-state index contributed by atoms with van der Waals surface area (Å²) in [5, 5.41) is 0. The van der Waals surface area contributed by atoms with Crippen LogP contribution in [0.25, 0.3) is 0 Å². The van der Waals surface area contributed by atoms with E-state index in [0.717, 1.165) is 71.9 Å². The van der Waals surface area contributed by atoms with Gasteiger partial charge < -0.3 is 29.1 Å². The van der Waals surface area contributed by atoms with Crippen molar-refractivity contribution < 1.29 is 25.4 Å². The van der Waals surface area contributed by atoms with Crippen LogP contribution in [0.3, 0.4) is 0 Å². The number of halogens is 2. The molecule has 9 heteroatoms. The number of para-hydroxylation sites is 4. The second-order valence-corrected chi connectivity index (χ2v) is 10.8. The van der Waals surface area contributed by atoms with E-state index in [1.54, 1.807) is 0 Å². The Morgan fingerprint density at radius 3 is 1.22 bits per heavy atom. The molecule has 2 aliphatic rings. The molecule has 2 aromatic rings. The molecule has 0 amide bonds. The predicted molar refractivity (Wildman–Crippen MR) is 149 cm³/mol. The summed E-state index contributed by atoms with van der Waals surface area (Å²) in [6.45, 7) is 15.8. The van der Waals surface area contributed by atoms with E-state index < -0.39 is 0 Å². The number of hydrogen-bond acceptors (Lipinski definition) is 6. The monoisotopic (exact) mass is 626 g/mol. The van der Waals surface area contributed by atoms with Gasteiger partial charge in [-0.1, -0.05) is 24.3 Å². The fraction of sp³-hybridized carbons (Fsp3) is 0.481. The zero-order valence-corrected chi connectivity index (χ0v) is 24.3. The second kappa shape index (κ2) is 16.6. The molecule has 36 heavy (non-hydrogen) atoms. The number of hydrogen-bond donors (Lipinski definition) is 0. The molecule has 2 aromatic carbocycles. The van der Waals surface area contributed by atoms with E-state index in [2.05, 4.69) is 95.3 Å². The SMILES string of the molecule is CCOCCCN1[CH-]N(CCCN2[CH-]N(CCCOCC)c3ccccc32)c2ccccc21.[Cl][Pd][Cl]. The van der Waals surface area contributed by atoms with Gasteiger partial charge in [0, 0.05) is 49.2 Å². The van der Waals surface area contributed by atoms with E-state index in [4.69, 9.17) is 28.5 Å². The molecule has 0 spiro atoms. The molecule has 0 N–H and O–H groups in total. The maximum absolute atomic E-state index is 5.53. The van der Waals surface area contributed by atoms with Crippen LogP contribution < -0.4 is 19.6 Å². The summed E-state index contributed by atoms with van der Waals surface area (Å²) < 4.78 is 11.1. The third kappa shape index (κ3) is 8.41. The Morgan fingerprint density at radius 2 is 0.917 bits per heavy atom. The summed E-state index contributed by atoms with van der Waals surface area (Å²) >= 11 is -0.106. The van der Waals surface area contributed by atoms with Crippen molar-refractivity contribution >= 4 is 41.8 Å². The Balaban J connectivity index is 0.00000115. The fourth-order valence-electron chi connectivity index (χ4n) is 4.57. The van der Waals surface area contributed by atoms with Gasteiger partial charge >= 0.3 is 35.0 Å². The molecule has 0 radical (unpaired) electrons. The molecular formula is C27H38Cl2N4O2Pd-2. The molecule has 0 bridgehead atoms. The standard InChI is InChI=1S/C27H38N4O2.2ClH.Pd/c1-3-32-20-10-18-30-22-28(24-12-5-7-14-26(24)30)16-9-17-29-23-31(19-11-21-33-4-2)27-15-8-6-13-25(27)29;;;/h5-8,12-15,22-23H,3-4,9-11,16-21H2,1-2H3;2*1H;/q-2;;;+2/p-2. The van der Waals surface area contributed by atoms with Crippen LogP contribution in [0, 0.1) is 13.3 Å². The average molecular weight is 628 g/mol. The molecule has 0 aromatic heterocycles. The Bertz CT molecular complexity index is 825. The first-order chi connectivity index (χ1) is 17.7. The third-order valence-corrected chi connectivity index (χ3v) is 6.14. The molecule has 4 rings (SSSR count). The van der Waals surface area contributed by atoms with Gasteiger partial charge in [-0.15, -0.1) is 0 Å². The average Bonchev–Trinajstić information content (AvgIpc) is 3.43. The molecule has 2 aliphatic heterocycles. The zero-order valence-electron chi connectivity index (χ0n) is 21.2. The van der Waals surface area contributed by atoms with E-state index in [0.29, 0.717) is 0 Å². The van der Waals surface area contributed by atoms with Gasteiger partial charge in [-0.05, 0) is 83.6 Å². The number of rotatable bonds is 14. The number of benzene rings is 2. The summed E-state index contributed by atoms with van der Waals surface area (Å²) in [6.07, 6.45) is 3.14. The van der Waals surface area contributed by atoms with Gasteiger partial charge in [0.1, 0.15) is 0 Å². The van der Waals surface area contributed by atoms with Crippen LogP contribution in [0.2, 0.25) is 0 Å². The van der Waals surface area contributed by atoms with Crippen LogP contribution in [0.15, 0.2) is 48.5 Å². The summed E-state index contributed by atoms with van der Waals surface area (Å²) in [5.41, 5.74) is 5.20. The van der Waals surface area contributed by atoms with Crippen molar-refractivity contribution in [2.24, 2.45) is 0 Å². The minimum atomic E-state index is -0.106. The Kier molecular flexibility index (Phi) is 13.5. The van der Waals surface area contributed by atoms with Crippen LogP contribution in [0.5, 0.6) is 0 Å². The van der Waals surface area contributed by atoms with Gasteiger partial charge in [0.25, 0.3) is 0 Å². The van der Waals surface area contributed by atoms with Crippen molar-refractivity contribution in [3.63, 3.8) is 0 Å². The molecule has 0 atom stereocenters. The van der Waals surface area contributed by atoms with Crippen molar-refractivity contribution in [3.8, 4) is 0 Å². The van der Waals surface area contributed by atoms with Crippen LogP contribution >= 0.6 is 19.1 Å². The zero-order chi connectivity index (χ0) is 25.6. The van der Waals surface area contributed by atoms with Crippen LogP contribution in [-0.2, 0) is 25.4 Å². The van der Waals surface area contributed by atoms with Crippen molar-refractivity contribution in [2.45, 2.75) is 33.1 Å². The van der Waals surface area contributed by atoms with E-state index in [-0.39, 0.29) is 15.9 Å². The molecular weight excluding hydrogens is 590 g/mol. The van der Waals surface area contributed by atoms with Crippen LogP contribution in [0.4, 0.5) is 22.7 Å². The third-order valence-electron chi connectivity index (χ3n) is 6.14. The van der Waals surface area contributed by atoms with E-state index in [1.165, 1.54) is 22.7 Å². The van der Waals surface area contributed by atoms with Crippen molar-refractivity contribution in [3.05, 3.63) is 61.9 Å². The first-order valence-corrected chi connectivity index (χ1v) is 16.7. The number of nitrogens with zero attached hydrogens (tertiary/aromatic N) is 4. The first-order valence-electron chi connectivity index (χ1n) is 12.7. The van der Waals surface area contributed by atoms with Gasteiger partial charge in [-0.25, -0.2) is 0 Å². The topological polar surface area (TPSA) is 31.4 Å². The normalized spacial score (nSPS) is 14.2. The van der Waals surface area contributed by atoms with Gasteiger partial charge in [0.15, 0.2) is 0 Å². The number of anilines is 4. The number of ether oxygens (including phenoxy) is 2. The maximum atomic E-state index is 5.53. The molecule has 6 nitrogen and oxygen atoms in total. The minimum absolute atomic E-state index is 0.106. The van der Waals surface area contributed by atoms with Crippen molar-refractivity contribution in [1.29, 1.82) is 0 Å². The molecule has 0 saturated carbocycles. The van der Waals surface area contributed by atoms with Crippen LogP contribution in [0.1, 0.15) is 33.1 Å². The summed E-state index contributed by atoms with van der Waals surface area (Å²) in [6, 6.07) is 17.4. The van der Waals surface area contributed by atoms with E-state index in [9.17, 15) is 0 Å². The van der Waals surface area contributed by atoms with Gasteiger partial charge in [0.2, 0.25) is 0 Å². The first kappa shape index (κ1) is 29.4. The van der Waals surface area contributed by atoms with Crippen molar-refractivity contribution in [1.82, 2.24) is 0 Å². The van der Waals surface area contributed by atoms with Gasteiger partial charge in [0.05, 0.1) is 0 Å². The quantitative estimate of drug-likeness (QED) is 0.135. The molecule has 0 saturated heterocycles. The van der Waals surface area contributed by atoms with Crippen LogP contribution in [-0.4, -0.2) is 52.6 Å².